The fraction of sp³-hybridized carbons (Fsp3) is 0.500. The molecular formula is C10H15N3O. The Kier molecular flexibility index (Phi) is 2.54. The van der Waals surface area contributed by atoms with E-state index in [1.165, 1.54) is 5.69 Å². The number of carbonyl (C=O) groups is 1. The molecule has 1 aromatic heterocycles. The van der Waals surface area contributed by atoms with Gasteiger partial charge in [-0.3, -0.25) is 4.79 Å². The maximum atomic E-state index is 11.6. The first kappa shape index (κ1) is 9.27. The zero-order valence-corrected chi connectivity index (χ0v) is 8.36. The molecule has 1 aromatic rings. The molecule has 0 saturated heterocycles. The van der Waals surface area contributed by atoms with Crippen molar-refractivity contribution in [1.29, 1.82) is 0 Å². The number of rotatable bonds is 2. The third-order valence-electron chi connectivity index (χ3n) is 2.57. The standard InChI is InChI=1S/C10H15N3O/c1-11-7-10(14)13-6-5-12-4-2-3-9(12)8-13/h2-4,11H,5-8H2,1H3. The van der Waals surface area contributed by atoms with Crippen molar-refractivity contribution in [3.8, 4) is 0 Å². The summed E-state index contributed by atoms with van der Waals surface area (Å²) in [6, 6.07) is 4.10. The Balaban J connectivity index is 2.04. The summed E-state index contributed by atoms with van der Waals surface area (Å²) in [6.45, 7) is 2.91. The van der Waals surface area contributed by atoms with Crippen LogP contribution in [0.3, 0.4) is 0 Å². The number of amides is 1. The zero-order chi connectivity index (χ0) is 9.97. The molecule has 0 radical (unpaired) electrons. The Labute approximate surface area is 83.5 Å². The van der Waals surface area contributed by atoms with E-state index in [9.17, 15) is 4.79 Å². The summed E-state index contributed by atoms with van der Waals surface area (Å²) in [7, 11) is 1.80. The van der Waals surface area contributed by atoms with Gasteiger partial charge in [-0.1, -0.05) is 0 Å². The molecule has 76 valence electrons. The van der Waals surface area contributed by atoms with Crippen molar-refractivity contribution in [2.24, 2.45) is 0 Å². The summed E-state index contributed by atoms with van der Waals surface area (Å²) in [4.78, 5) is 13.5. The molecule has 1 amide bonds. The van der Waals surface area contributed by atoms with Gasteiger partial charge in [-0.05, 0) is 19.2 Å². The molecule has 0 fully saturated rings. The maximum Gasteiger partial charge on any atom is 0.236 e. The normalized spacial score (nSPS) is 15.4. The molecule has 4 nitrogen and oxygen atoms in total. The highest BCUT2D eigenvalue weighted by Crippen LogP contribution is 2.12. The molecule has 0 aliphatic carbocycles. The van der Waals surface area contributed by atoms with Gasteiger partial charge < -0.3 is 14.8 Å². The maximum absolute atomic E-state index is 11.6. The highest BCUT2D eigenvalue weighted by atomic mass is 16.2. The van der Waals surface area contributed by atoms with Crippen LogP contribution in [-0.2, 0) is 17.9 Å². The number of nitrogens with zero attached hydrogens (tertiary/aromatic N) is 2. The van der Waals surface area contributed by atoms with Gasteiger partial charge in [0.05, 0.1) is 13.1 Å². The SMILES string of the molecule is CNCC(=O)N1CCn2cccc2C1. The minimum atomic E-state index is 0.181. The van der Waals surface area contributed by atoms with Crippen molar-refractivity contribution < 1.29 is 4.79 Å². The van der Waals surface area contributed by atoms with E-state index in [1.807, 2.05) is 11.0 Å². The Morgan fingerprint density at radius 1 is 1.57 bits per heavy atom. The van der Waals surface area contributed by atoms with Gasteiger partial charge in [0, 0.05) is 25.0 Å². The lowest BCUT2D eigenvalue weighted by Gasteiger charge is -2.28. The van der Waals surface area contributed by atoms with Crippen molar-refractivity contribution in [1.82, 2.24) is 14.8 Å². The lowest BCUT2D eigenvalue weighted by atomic mass is 10.3. The summed E-state index contributed by atoms with van der Waals surface area (Å²) >= 11 is 0. The van der Waals surface area contributed by atoms with Gasteiger partial charge in [-0.15, -0.1) is 0 Å². The smallest absolute Gasteiger partial charge is 0.236 e. The first-order valence-electron chi connectivity index (χ1n) is 4.87. The second kappa shape index (κ2) is 3.84. The first-order valence-corrected chi connectivity index (χ1v) is 4.87. The average molecular weight is 193 g/mol. The zero-order valence-electron chi connectivity index (χ0n) is 8.36. The lowest BCUT2D eigenvalue weighted by molar-refractivity contribution is -0.131. The van der Waals surface area contributed by atoms with Crippen molar-refractivity contribution in [2.45, 2.75) is 13.1 Å². The van der Waals surface area contributed by atoms with E-state index in [4.69, 9.17) is 0 Å². The van der Waals surface area contributed by atoms with E-state index in [-0.39, 0.29) is 5.91 Å². The minimum absolute atomic E-state index is 0.181. The molecule has 1 aliphatic rings. The average Bonchev–Trinajstić information content (AvgIpc) is 2.64. The van der Waals surface area contributed by atoms with Gasteiger partial charge in [0.2, 0.25) is 5.91 Å². The Bertz CT molecular complexity index is 332. The summed E-state index contributed by atoms with van der Waals surface area (Å²) in [5, 5.41) is 2.88. The molecular weight excluding hydrogens is 178 g/mol. The molecule has 2 rings (SSSR count). The number of hydrogen-bond acceptors (Lipinski definition) is 2. The number of likely N-dealkylation sites (N-methyl/N-ethyl adjacent to an activating group) is 1. The quantitative estimate of drug-likeness (QED) is 0.720. The third kappa shape index (κ3) is 1.65. The van der Waals surface area contributed by atoms with Gasteiger partial charge >= 0.3 is 0 Å². The molecule has 0 spiro atoms. The predicted octanol–water partition coefficient (Wildman–Crippen LogP) is 0.0497. The lowest BCUT2D eigenvalue weighted by Crippen LogP contribution is -2.41. The second-order valence-corrected chi connectivity index (χ2v) is 3.54. The monoisotopic (exact) mass is 193 g/mol. The van der Waals surface area contributed by atoms with E-state index >= 15 is 0 Å². The van der Waals surface area contributed by atoms with Gasteiger partial charge in [0.1, 0.15) is 0 Å². The Morgan fingerprint density at radius 2 is 2.43 bits per heavy atom. The van der Waals surface area contributed by atoms with Crippen LogP contribution in [0.5, 0.6) is 0 Å². The Hall–Kier alpha value is -1.29. The number of hydrogen-bond donors (Lipinski definition) is 1. The van der Waals surface area contributed by atoms with Crippen molar-refractivity contribution in [3.63, 3.8) is 0 Å². The second-order valence-electron chi connectivity index (χ2n) is 3.54. The van der Waals surface area contributed by atoms with E-state index in [0.717, 1.165) is 19.6 Å². The van der Waals surface area contributed by atoms with Crippen LogP contribution in [0.1, 0.15) is 5.69 Å². The fourth-order valence-electron chi connectivity index (χ4n) is 1.79. The predicted molar refractivity (Wildman–Crippen MR) is 53.8 cm³/mol. The van der Waals surface area contributed by atoms with E-state index < -0.39 is 0 Å². The van der Waals surface area contributed by atoms with E-state index in [2.05, 4.69) is 22.1 Å². The summed E-state index contributed by atoms with van der Waals surface area (Å²) < 4.78 is 2.20. The third-order valence-corrected chi connectivity index (χ3v) is 2.57. The topological polar surface area (TPSA) is 37.3 Å². The van der Waals surface area contributed by atoms with Crippen LogP contribution in [0.15, 0.2) is 18.3 Å². The van der Waals surface area contributed by atoms with Crippen molar-refractivity contribution in [2.75, 3.05) is 20.1 Å². The van der Waals surface area contributed by atoms with Crippen LogP contribution in [0.25, 0.3) is 0 Å². The number of carbonyl (C=O) groups excluding carboxylic acids is 1. The first-order chi connectivity index (χ1) is 6.81. The molecule has 0 bridgehead atoms. The summed E-state index contributed by atoms with van der Waals surface area (Å²) in [5.41, 5.74) is 1.22. The van der Waals surface area contributed by atoms with Crippen LogP contribution in [0.2, 0.25) is 0 Å². The van der Waals surface area contributed by atoms with Crippen LogP contribution >= 0.6 is 0 Å². The molecule has 1 N–H and O–H groups in total. The van der Waals surface area contributed by atoms with Gasteiger partial charge in [0.15, 0.2) is 0 Å². The molecule has 4 heteroatoms. The fourth-order valence-corrected chi connectivity index (χ4v) is 1.79. The highest BCUT2D eigenvalue weighted by molar-refractivity contribution is 5.78. The largest absolute Gasteiger partial charge is 0.348 e. The molecule has 0 aromatic carbocycles. The van der Waals surface area contributed by atoms with Crippen LogP contribution in [-0.4, -0.2) is 35.5 Å². The van der Waals surface area contributed by atoms with Crippen LogP contribution < -0.4 is 5.32 Å². The summed E-state index contributed by atoms with van der Waals surface area (Å²) in [6.07, 6.45) is 2.06. The molecule has 14 heavy (non-hydrogen) atoms. The van der Waals surface area contributed by atoms with Gasteiger partial charge in [-0.2, -0.15) is 0 Å². The minimum Gasteiger partial charge on any atom is -0.348 e. The van der Waals surface area contributed by atoms with Gasteiger partial charge in [0.25, 0.3) is 0 Å². The van der Waals surface area contributed by atoms with E-state index in [0.29, 0.717) is 6.54 Å². The number of fused-ring (bicyclic) bond motifs is 1. The van der Waals surface area contributed by atoms with Gasteiger partial charge in [-0.25, -0.2) is 0 Å². The number of nitrogens with one attached hydrogen (secondary N) is 1. The molecule has 1 aliphatic heterocycles. The van der Waals surface area contributed by atoms with Crippen LogP contribution in [0.4, 0.5) is 0 Å². The highest BCUT2D eigenvalue weighted by Gasteiger charge is 2.18. The van der Waals surface area contributed by atoms with E-state index in [1.54, 1.807) is 7.05 Å². The molecule has 0 unspecified atom stereocenters. The molecule has 0 saturated carbocycles. The number of aromatic nitrogens is 1. The van der Waals surface area contributed by atoms with Crippen LogP contribution in [0, 0.1) is 0 Å². The van der Waals surface area contributed by atoms with Crippen molar-refractivity contribution in [3.05, 3.63) is 24.0 Å². The molecule has 0 atom stereocenters. The molecule has 2 heterocycles. The van der Waals surface area contributed by atoms with Crippen molar-refractivity contribution >= 4 is 5.91 Å². The Morgan fingerprint density at radius 3 is 3.21 bits per heavy atom. The summed E-state index contributed by atoms with van der Waals surface area (Å²) in [5.74, 6) is 0.181.